The first kappa shape index (κ1) is 40.2. The van der Waals surface area contributed by atoms with E-state index in [-0.39, 0.29) is 51.7 Å². The molecule has 2 aromatic carbocycles. The molecule has 2 unspecified atom stereocenters. The summed E-state index contributed by atoms with van der Waals surface area (Å²) >= 11 is 6.33. The standard InChI is InChI=1S/C29H31ClFN7O2.C10H16O4S/c1-2-11-32-28(39)21-7-5-8-23(31)26(21)35-27-22(30)19-33-29(36-27)34-20-9-10-24-25(18-20)40-17-6-14-38(24)16-15-37-12-3-4-13-37;1-9(2)7-3-4-10(9,8(11)5-7)6-15(12,13)14/h1,5,7-10,18-19H,3-4,6,11-17H2,(H,32,39)(H2,33,34,35,36);7H,3-6H2,1-2H3,(H,12,13,14). The van der Waals surface area contributed by atoms with E-state index in [4.69, 9.17) is 27.3 Å². The van der Waals surface area contributed by atoms with Gasteiger partial charge in [-0.15, -0.1) is 6.42 Å². The summed E-state index contributed by atoms with van der Waals surface area (Å²) in [5, 5.41) is 8.72. The van der Waals surface area contributed by atoms with Crippen LogP contribution in [0.5, 0.6) is 5.75 Å². The maximum absolute atomic E-state index is 14.8. The Morgan fingerprint density at radius 3 is 2.62 bits per heavy atom. The van der Waals surface area contributed by atoms with E-state index in [0.29, 0.717) is 19.4 Å². The van der Waals surface area contributed by atoms with Gasteiger partial charge in [0.2, 0.25) is 5.95 Å². The Morgan fingerprint density at radius 2 is 1.93 bits per heavy atom. The number of nitrogens with one attached hydrogen (secondary N) is 3. The average molecular weight is 796 g/mol. The molecule has 3 aromatic rings. The lowest BCUT2D eigenvalue weighted by molar-refractivity contribution is -0.128. The summed E-state index contributed by atoms with van der Waals surface area (Å²) in [4.78, 5) is 38.0. The van der Waals surface area contributed by atoms with Crippen LogP contribution in [0.3, 0.4) is 0 Å². The van der Waals surface area contributed by atoms with Crippen molar-refractivity contribution < 1.29 is 31.7 Å². The van der Waals surface area contributed by atoms with Crippen molar-refractivity contribution in [3.8, 4) is 18.1 Å². The minimum atomic E-state index is -4.08. The molecule has 2 saturated carbocycles. The summed E-state index contributed by atoms with van der Waals surface area (Å²) < 4.78 is 51.8. The smallest absolute Gasteiger partial charge is 0.265 e. The zero-order valence-corrected chi connectivity index (χ0v) is 32.6. The Kier molecular flexibility index (Phi) is 12.2. The fourth-order valence-electron chi connectivity index (χ4n) is 8.28. The van der Waals surface area contributed by atoms with Crippen LogP contribution in [0.2, 0.25) is 5.02 Å². The number of para-hydroxylation sites is 1. The number of benzene rings is 2. The molecule has 3 heterocycles. The number of fused-ring (bicyclic) bond motifs is 3. The molecule has 2 bridgehead atoms. The summed E-state index contributed by atoms with van der Waals surface area (Å²) in [5.74, 6) is 2.22. The van der Waals surface area contributed by atoms with E-state index in [2.05, 4.69) is 41.6 Å². The summed E-state index contributed by atoms with van der Waals surface area (Å²) in [6.07, 6.45) is 12.1. The molecule has 16 heteroatoms. The number of carbonyl (C=O) groups excluding carboxylic acids is 2. The van der Waals surface area contributed by atoms with E-state index < -0.39 is 33.0 Å². The summed E-state index contributed by atoms with van der Waals surface area (Å²) in [6.45, 7) is 9.84. The van der Waals surface area contributed by atoms with Crippen LogP contribution in [0, 0.1) is 34.9 Å². The predicted octanol–water partition coefficient (Wildman–Crippen LogP) is 6.07. The quantitative estimate of drug-likeness (QED) is 0.131. The number of ether oxygens (including phenoxy) is 1. The van der Waals surface area contributed by atoms with Gasteiger partial charge in [-0.2, -0.15) is 13.4 Å². The van der Waals surface area contributed by atoms with Crippen LogP contribution in [0.4, 0.5) is 33.2 Å². The van der Waals surface area contributed by atoms with Crippen LogP contribution in [0.1, 0.15) is 62.7 Å². The molecule has 2 atom stereocenters. The molecule has 4 N–H and O–H groups in total. The molecular weight excluding hydrogens is 749 g/mol. The van der Waals surface area contributed by atoms with Gasteiger partial charge in [0.1, 0.15) is 22.4 Å². The Labute approximate surface area is 326 Å². The second kappa shape index (κ2) is 16.7. The molecular formula is C39H47ClFN7O6S. The van der Waals surface area contributed by atoms with Crippen LogP contribution in [-0.4, -0.2) is 91.2 Å². The number of Topliss-reactive ketones (excluding diaryl/α,β-unsaturated/α-hetero) is 1. The number of amides is 1. The molecule has 4 aliphatic rings. The highest BCUT2D eigenvalue weighted by Crippen LogP contribution is 2.64. The first-order valence-electron chi connectivity index (χ1n) is 18.5. The van der Waals surface area contributed by atoms with Gasteiger partial charge in [0, 0.05) is 37.8 Å². The third-order valence-corrected chi connectivity index (χ3v) is 12.6. The van der Waals surface area contributed by atoms with Crippen LogP contribution in [0.15, 0.2) is 42.6 Å². The van der Waals surface area contributed by atoms with E-state index >= 15 is 0 Å². The normalized spacial score (nSPS) is 21.4. The number of ketones is 1. The van der Waals surface area contributed by atoms with Gasteiger partial charge in [0.05, 0.1) is 47.5 Å². The van der Waals surface area contributed by atoms with Gasteiger partial charge in [-0.25, -0.2) is 9.37 Å². The van der Waals surface area contributed by atoms with Crippen molar-refractivity contribution in [2.45, 2.75) is 52.4 Å². The highest BCUT2D eigenvalue weighted by Gasteiger charge is 2.65. The predicted molar refractivity (Wildman–Crippen MR) is 211 cm³/mol. The van der Waals surface area contributed by atoms with Gasteiger partial charge in [-0.3, -0.25) is 14.1 Å². The summed E-state index contributed by atoms with van der Waals surface area (Å²) in [5.41, 5.74) is 0.670. The second-order valence-electron chi connectivity index (χ2n) is 15.0. The number of nitrogens with zero attached hydrogens (tertiary/aromatic N) is 4. The third-order valence-electron chi connectivity index (χ3n) is 11.4. The fourth-order valence-corrected chi connectivity index (χ4v) is 9.71. The van der Waals surface area contributed by atoms with E-state index in [1.54, 1.807) is 0 Å². The van der Waals surface area contributed by atoms with Crippen LogP contribution in [0.25, 0.3) is 0 Å². The number of carbonyl (C=O) groups is 2. The van der Waals surface area contributed by atoms with Crippen molar-refractivity contribution in [2.75, 3.05) is 67.2 Å². The molecule has 1 saturated heterocycles. The fraction of sp³-hybridized carbons (Fsp3) is 0.487. The summed E-state index contributed by atoms with van der Waals surface area (Å²) in [7, 11) is -4.08. The van der Waals surface area contributed by atoms with Crippen LogP contribution in [-0.2, 0) is 14.9 Å². The zero-order chi connectivity index (χ0) is 39.4. The largest absolute Gasteiger partial charge is 0.491 e. The number of terminal acetylenes is 1. The van der Waals surface area contributed by atoms with Crippen LogP contribution >= 0.6 is 11.6 Å². The lowest BCUT2D eigenvalue weighted by Gasteiger charge is -2.35. The number of rotatable bonds is 11. The van der Waals surface area contributed by atoms with Gasteiger partial charge in [0.25, 0.3) is 16.0 Å². The van der Waals surface area contributed by atoms with Crippen molar-refractivity contribution in [2.24, 2.45) is 16.7 Å². The molecule has 1 amide bonds. The highest BCUT2D eigenvalue weighted by molar-refractivity contribution is 7.85. The van der Waals surface area contributed by atoms with Crippen molar-refractivity contribution >= 4 is 62.2 Å². The van der Waals surface area contributed by atoms with Gasteiger partial charge in [-0.05, 0) is 80.8 Å². The number of aromatic nitrogens is 2. The van der Waals surface area contributed by atoms with Gasteiger partial charge in [0.15, 0.2) is 5.82 Å². The molecule has 13 nitrogen and oxygen atoms in total. The number of anilines is 5. The van der Waals surface area contributed by atoms with E-state index in [0.717, 1.165) is 49.6 Å². The lowest BCUT2D eigenvalue weighted by atomic mass is 9.70. The van der Waals surface area contributed by atoms with Crippen molar-refractivity contribution in [3.63, 3.8) is 0 Å². The first-order chi connectivity index (χ1) is 26.2. The Balaban J connectivity index is 0.000000286. The molecule has 0 spiro atoms. The van der Waals surface area contributed by atoms with Gasteiger partial charge in [-0.1, -0.05) is 37.4 Å². The zero-order valence-electron chi connectivity index (χ0n) is 31.0. The molecule has 2 aliphatic carbocycles. The van der Waals surface area contributed by atoms with Crippen molar-refractivity contribution in [1.29, 1.82) is 0 Å². The molecule has 3 fully saturated rings. The number of likely N-dealkylation sites (tertiary alicyclic amines) is 1. The van der Waals surface area contributed by atoms with Gasteiger partial charge >= 0.3 is 0 Å². The van der Waals surface area contributed by atoms with Crippen molar-refractivity contribution in [3.05, 3.63) is 59.0 Å². The maximum atomic E-state index is 14.8. The molecule has 55 heavy (non-hydrogen) atoms. The van der Waals surface area contributed by atoms with E-state index in [1.165, 1.54) is 50.3 Å². The topological polar surface area (TPSA) is 166 Å². The third kappa shape index (κ3) is 8.99. The lowest BCUT2D eigenvalue weighted by Crippen LogP contribution is -2.42. The molecule has 7 rings (SSSR count). The Bertz CT molecular complexity index is 2070. The maximum Gasteiger partial charge on any atom is 0.265 e. The monoisotopic (exact) mass is 795 g/mol. The minimum Gasteiger partial charge on any atom is -0.491 e. The minimum absolute atomic E-state index is 0.0117. The SMILES string of the molecule is C#CCNC(=O)c1cccc(F)c1Nc1nc(Nc2ccc3c(c2)OCCCN3CCN2CCCC2)ncc1Cl.CC1(C)C2CCC1(CS(=O)(=O)O)C(=O)C2. The number of hydrogen-bond acceptors (Lipinski definition) is 11. The second-order valence-corrected chi connectivity index (χ2v) is 16.9. The van der Waals surface area contributed by atoms with Crippen LogP contribution < -0.4 is 25.6 Å². The molecule has 0 radical (unpaired) electrons. The highest BCUT2D eigenvalue weighted by atomic mass is 35.5. The van der Waals surface area contributed by atoms with Crippen molar-refractivity contribution in [1.82, 2.24) is 20.2 Å². The summed E-state index contributed by atoms with van der Waals surface area (Å²) in [6, 6.07) is 10.1. The Morgan fingerprint density at radius 1 is 1.15 bits per heavy atom. The van der Waals surface area contributed by atoms with Gasteiger partial charge < -0.3 is 30.5 Å². The Hall–Kier alpha value is -4.49. The average Bonchev–Trinajstić information content (AvgIpc) is 3.73. The first-order valence-corrected chi connectivity index (χ1v) is 20.5. The molecule has 294 valence electrons. The van der Waals surface area contributed by atoms with E-state index in [1.807, 2.05) is 32.0 Å². The number of halogens is 2. The number of hydrogen-bond donors (Lipinski definition) is 4. The van der Waals surface area contributed by atoms with E-state index in [9.17, 15) is 22.4 Å². The molecule has 1 aromatic heterocycles. The molecule has 2 aliphatic heterocycles.